The quantitative estimate of drug-likeness (QED) is 0.557. The summed E-state index contributed by atoms with van der Waals surface area (Å²) in [6, 6.07) is 10.6. The molecule has 148 valence electrons. The summed E-state index contributed by atoms with van der Waals surface area (Å²) < 4.78 is 11.0. The summed E-state index contributed by atoms with van der Waals surface area (Å²) >= 11 is 0. The van der Waals surface area contributed by atoms with E-state index in [-0.39, 0.29) is 0 Å². The first-order valence-electron chi connectivity index (χ1n) is 10.1. The second-order valence-corrected chi connectivity index (χ2v) is 7.88. The molecular formula is C27H28O2. The van der Waals surface area contributed by atoms with Crippen LogP contribution < -0.4 is 9.47 Å². The Morgan fingerprint density at radius 3 is 2.38 bits per heavy atom. The van der Waals surface area contributed by atoms with Crippen molar-refractivity contribution in [1.82, 2.24) is 0 Å². The molecule has 0 amide bonds. The highest BCUT2D eigenvalue weighted by Gasteiger charge is 2.23. The molecule has 0 radical (unpaired) electrons. The van der Waals surface area contributed by atoms with Crippen molar-refractivity contribution >= 4 is 11.6 Å². The lowest BCUT2D eigenvalue weighted by Crippen LogP contribution is -1.97. The van der Waals surface area contributed by atoms with Gasteiger partial charge in [-0.25, -0.2) is 0 Å². The van der Waals surface area contributed by atoms with Crippen molar-refractivity contribution in [2.24, 2.45) is 0 Å². The monoisotopic (exact) mass is 384 g/mol. The van der Waals surface area contributed by atoms with E-state index in [2.05, 4.69) is 69.0 Å². The molecule has 0 spiro atoms. The lowest BCUT2D eigenvalue weighted by molar-refractivity contribution is 0.354. The number of ether oxygens (including phenoxy) is 2. The van der Waals surface area contributed by atoms with E-state index in [0.29, 0.717) is 0 Å². The minimum Gasteiger partial charge on any atom is -0.493 e. The van der Waals surface area contributed by atoms with Crippen molar-refractivity contribution in [2.45, 2.75) is 33.1 Å². The van der Waals surface area contributed by atoms with Gasteiger partial charge in [-0.2, -0.15) is 0 Å². The molecule has 2 aliphatic carbocycles. The van der Waals surface area contributed by atoms with Crippen LogP contribution in [-0.4, -0.2) is 14.2 Å². The summed E-state index contributed by atoms with van der Waals surface area (Å²) in [4.78, 5) is 0. The first-order valence-corrected chi connectivity index (χ1v) is 10.1. The molecule has 2 aromatic rings. The molecule has 4 rings (SSSR count). The first kappa shape index (κ1) is 19.3. The molecule has 0 aliphatic heterocycles. The van der Waals surface area contributed by atoms with Crippen LogP contribution in [0.25, 0.3) is 11.6 Å². The van der Waals surface area contributed by atoms with Gasteiger partial charge in [-0.15, -0.1) is 0 Å². The predicted octanol–water partition coefficient (Wildman–Crippen LogP) is 6.62. The average molecular weight is 385 g/mol. The second kappa shape index (κ2) is 7.79. The molecule has 0 saturated heterocycles. The van der Waals surface area contributed by atoms with E-state index in [9.17, 15) is 0 Å². The Bertz CT molecular complexity index is 1060. The second-order valence-electron chi connectivity index (χ2n) is 7.88. The summed E-state index contributed by atoms with van der Waals surface area (Å²) in [5.41, 5.74) is 11.7. The number of fused-ring (bicyclic) bond motifs is 1. The Kier molecular flexibility index (Phi) is 5.19. The smallest absolute Gasteiger partial charge is 0.161 e. The average Bonchev–Trinajstić information content (AvgIpc) is 3.32. The van der Waals surface area contributed by atoms with Gasteiger partial charge in [-0.05, 0) is 95.4 Å². The van der Waals surface area contributed by atoms with Crippen LogP contribution in [0.4, 0.5) is 0 Å². The van der Waals surface area contributed by atoms with Gasteiger partial charge in [-0.3, -0.25) is 0 Å². The van der Waals surface area contributed by atoms with Crippen LogP contribution >= 0.6 is 0 Å². The zero-order valence-electron chi connectivity index (χ0n) is 17.8. The topological polar surface area (TPSA) is 18.5 Å². The number of hydrogen-bond acceptors (Lipinski definition) is 2. The molecule has 0 aromatic heterocycles. The van der Waals surface area contributed by atoms with Crippen molar-refractivity contribution in [3.8, 4) is 11.5 Å². The van der Waals surface area contributed by atoms with Crippen LogP contribution in [0.2, 0.25) is 0 Å². The molecule has 2 aromatic carbocycles. The lowest BCUT2D eigenvalue weighted by atomic mass is 9.89. The molecule has 0 fully saturated rings. The third-order valence-corrected chi connectivity index (χ3v) is 5.97. The van der Waals surface area contributed by atoms with Crippen LogP contribution in [0.15, 0.2) is 65.8 Å². The highest BCUT2D eigenvalue weighted by molar-refractivity contribution is 5.77. The summed E-state index contributed by atoms with van der Waals surface area (Å²) in [6.07, 6.45) is 9.79. The van der Waals surface area contributed by atoms with E-state index in [1.54, 1.807) is 14.2 Å². The molecule has 0 N–H and O–H groups in total. The van der Waals surface area contributed by atoms with Crippen LogP contribution in [0.3, 0.4) is 0 Å². The zero-order chi connectivity index (χ0) is 20.5. The van der Waals surface area contributed by atoms with Crippen LogP contribution in [-0.2, 0) is 6.42 Å². The van der Waals surface area contributed by atoms with E-state index in [0.717, 1.165) is 30.8 Å². The van der Waals surface area contributed by atoms with Gasteiger partial charge in [0.2, 0.25) is 0 Å². The zero-order valence-corrected chi connectivity index (χ0v) is 17.8. The van der Waals surface area contributed by atoms with Crippen LogP contribution in [0.1, 0.15) is 40.7 Å². The van der Waals surface area contributed by atoms with Crippen molar-refractivity contribution < 1.29 is 9.47 Å². The third-order valence-electron chi connectivity index (χ3n) is 5.97. The maximum absolute atomic E-state index is 5.48. The van der Waals surface area contributed by atoms with Crippen LogP contribution in [0, 0.1) is 13.8 Å². The van der Waals surface area contributed by atoms with Gasteiger partial charge in [0.05, 0.1) is 14.2 Å². The maximum Gasteiger partial charge on any atom is 0.161 e. The van der Waals surface area contributed by atoms with Crippen molar-refractivity contribution in [2.75, 3.05) is 14.2 Å². The third kappa shape index (κ3) is 3.55. The Morgan fingerprint density at radius 2 is 1.69 bits per heavy atom. The molecular weight excluding hydrogens is 356 g/mol. The number of hydrogen-bond donors (Lipinski definition) is 0. The van der Waals surface area contributed by atoms with E-state index in [1.807, 2.05) is 0 Å². The van der Waals surface area contributed by atoms with Gasteiger partial charge in [0, 0.05) is 0 Å². The van der Waals surface area contributed by atoms with E-state index in [1.165, 1.54) is 50.1 Å². The van der Waals surface area contributed by atoms with Gasteiger partial charge >= 0.3 is 0 Å². The Hall–Kier alpha value is -3.00. The summed E-state index contributed by atoms with van der Waals surface area (Å²) in [6.45, 7) is 8.78. The van der Waals surface area contributed by atoms with E-state index >= 15 is 0 Å². The minimum absolute atomic E-state index is 0.781. The fraction of sp³-hybridized carbons (Fsp3) is 0.259. The van der Waals surface area contributed by atoms with Gasteiger partial charge in [0.15, 0.2) is 11.5 Å². The molecule has 0 bridgehead atoms. The fourth-order valence-corrected chi connectivity index (χ4v) is 4.60. The number of rotatable bonds is 6. The molecule has 2 aliphatic rings. The van der Waals surface area contributed by atoms with Crippen molar-refractivity contribution in [3.63, 3.8) is 0 Å². The molecule has 0 atom stereocenters. The van der Waals surface area contributed by atoms with Gasteiger partial charge < -0.3 is 9.47 Å². The lowest BCUT2D eigenvalue weighted by Gasteiger charge is -2.16. The highest BCUT2D eigenvalue weighted by atomic mass is 16.5. The van der Waals surface area contributed by atoms with Crippen molar-refractivity contribution in [1.29, 1.82) is 0 Å². The number of methoxy groups -OCH3 is 2. The number of allylic oxidation sites excluding steroid dienone is 6. The minimum atomic E-state index is 0.781. The molecule has 29 heavy (non-hydrogen) atoms. The molecule has 2 heteroatoms. The molecule has 0 saturated carbocycles. The van der Waals surface area contributed by atoms with E-state index in [4.69, 9.17) is 9.47 Å². The molecule has 0 unspecified atom stereocenters. The van der Waals surface area contributed by atoms with Crippen molar-refractivity contribution in [3.05, 3.63) is 93.6 Å². The summed E-state index contributed by atoms with van der Waals surface area (Å²) in [7, 11) is 3.37. The van der Waals surface area contributed by atoms with Gasteiger partial charge in [0.1, 0.15) is 0 Å². The van der Waals surface area contributed by atoms with Gasteiger partial charge in [-0.1, -0.05) is 43.0 Å². The molecule has 0 heterocycles. The number of benzene rings is 2. The fourth-order valence-electron chi connectivity index (χ4n) is 4.60. The first-order chi connectivity index (χ1) is 14.0. The summed E-state index contributed by atoms with van der Waals surface area (Å²) in [5, 5.41) is 0. The highest BCUT2D eigenvalue weighted by Crippen LogP contribution is 2.42. The Balaban J connectivity index is 1.57. The van der Waals surface area contributed by atoms with Gasteiger partial charge in [0.25, 0.3) is 0 Å². The van der Waals surface area contributed by atoms with E-state index < -0.39 is 0 Å². The molecule has 2 nitrogen and oxygen atoms in total. The summed E-state index contributed by atoms with van der Waals surface area (Å²) in [5.74, 6) is 1.57. The maximum atomic E-state index is 5.48. The van der Waals surface area contributed by atoms with Crippen LogP contribution in [0.5, 0.6) is 11.5 Å². The largest absolute Gasteiger partial charge is 0.493 e. The predicted molar refractivity (Wildman–Crippen MR) is 122 cm³/mol. The Labute approximate surface area is 173 Å². The normalized spacial score (nSPS) is 14.8. The Morgan fingerprint density at radius 1 is 1.00 bits per heavy atom. The SMILES string of the molecule is C=C(CC1=CCC=C1C1=Cc2cc(OC)c(OC)cc2C1)c1c(C)cccc1C. The number of aryl methyl sites for hydroxylation is 2. The standard InChI is InChI=1S/C27H28O2/c1-17-8-6-9-18(2)27(17)19(3)12-20-10-7-11-24(20)23-13-21-15-25(28-4)26(29-5)16-22(21)14-23/h6,8-11,13,15-16H,3,7,12,14H2,1-2,4-5H3.